The molecule has 32 heavy (non-hydrogen) atoms. The highest BCUT2D eigenvalue weighted by atomic mass is 16.2. The van der Waals surface area contributed by atoms with Crippen LogP contribution in [-0.2, 0) is 13.0 Å². The Kier molecular flexibility index (Phi) is 4.68. The van der Waals surface area contributed by atoms with Crippen LogP contribution in [0.5, 0.6) is 0 Å². The molecule has 5 heteroatoms. The van der Waals surface area contributed by atoms with Crippen LogP contribution < -0.4 is 0 Å². The van der Waals surface area contributed by atoms with Crippen LogP contribution >= 0.6 is 0 Å². The summed E-state index contributed by atoms with van der Waals surface area (Å²) in [4.78, 5) is 29.3. The molecule has 0 spiro atoms. The molecule has 0 saturated carbocycles. The highest BCUT2D eigenvalue weighted by Crippen LogP contribution is 2.41. The van der Waals surface area contributed by atoms with Gasteiger partial charge in [0.25, 0.3) is 5.91 Å². The number of aldehydes is 1. The third-order valence-electron chi connectivity index (χ3n) is 8.02. The first-order valence-corrected chi connectivity index (χ1v) is 11.8. The van der Waals surface area contributed by atoms with E-state index in [2.05, 4.69) is 26.6 Å². The first-order valence-electron chi connectivity index (χ1n) is 11.8. The van der Waals surface area contributed by atoms with Crippen molar-refractivity contribution in [2.75, 3.05) is 32.7 Å². The maximum absolute atomic E-state index is 13.7. The van der Waals surface area contributed by atoms with Crippen LogP contribution in [0, 0.1) is 5.41 Å². The lowest BCUT2D eigenvalue weighted by Gasteiger charge is -2.50. The van der Waals surface area contributed by atoms with E-state index < -0.39 is 0 Å². The zero-order chi connectivity index (χ0) is 21.7. The number of benzene rings is 2. The quantitative estimate of drug-likeness (QED) is 0.579. The Balaban J connectivity index is 1.31. The second kappa shape index (κ2) is 7.59. The smallest absolute Gasteiger partial charge is 0.254 e. The van der Waals surface area contributed by atoms with Crippen LogP contribution in [0.3, 0.4) is 0 Å². The molecule has 5 nitrogen and oxygen atoms in total. The van der Waals surface area contributed by atoms with Crippen LogP contribution in [-0.4, -0.2) is 59.3 Å². The minimum atomic E-state index is 0.199. The number of rotatable bonds is 5. The summed E-state index contributed by atoms with van der Waals surface area (Å²) in [6, 6.07) is 13.9. The largest absolute Gasteiger partial charge is 0.343 e. The fourth-order valence-electron chi connectivity index (χ4n) is 6.05. The highest BCUT2D eigenvalue weighted by Gasteiger charge is 2.41. The third-order valence-corrected chi connectivity index (χ3v) is 8.02. The fourth-order valence-corrected chi connectivity index (χ4v) is 6.05. The first-order chi connectivity index (χ1) is 15.6. The van der Waals surface area contributed by atoms with E-state index in [0.717, 1.165) is 54.4 Å². The number of piperidine rings is 3. The molecule has 0 N–H and O–H groups in total. The lowest BCUT2D eigenvalue weighted by atomic mass is 9.71. The molecule has 164 valence electrons. The van der Waals surface area contributed by atoms with Crippen molar-refractivity contribution in [1.29, 1.82) is 0 Å². The van der Waals surface area contributed by atoms with E-state index in [1.54, 1.807) is 0 Å². The topological polar surface area (TPSA) is 45.6 Å². The molecule has 3 aromatic rings. The van der Waals surface area contributed by atoms with Gasteiger partial charge >= 0.3 is 0 Å². The van der Waals surface area contributed by atoms with Crippen molar-refractivity contribution in [2.24, 2.45) is 5.41 Å². The standard InChI is InChI=1S/C27H29N3O2/c31-18-21-6-4-20(5-7-21)16-30-17-22-8-12-29(19-27-9-13-28(14-10-27)15-11-27)26(32)23-2-1-3-24(30)25(22)23/h1-7,17-18H,8-16,19H2. The van der Waals surface area contributed by atoms with Crippen molar-refractivity contribution >= 4 is 23.1 Å². The maximum Gasteiger partial charge on any atom is 0.254 e. The van der Waals surface area contributed by atoms with Gasteiger partial charge in [0.1, 0.15) is 6.29 Å². The van der Waals surface area contributed by atoms with Gasteiger partial charge in [-0.15, -0.1) is 0 Å². The van der Waals surface area contributed by atoms with Gasteiger partial charge in [-0.3, -0.25) is 9.59 Å². The normalized spacial score (nSPS) is 24.7. The van der Waals surface area contributed by atoms with Gasteiger partial charge in [-0.1, -0.05) is 30.3 Å². The van der Waals surface area contributed by atoms with E-state index in [1.165, 1.54) is 44.5 Å². The average Bonchev–Trinajstić information content (AvgIpc) is 3.14. The lowest BCUT2D eigenvalue weighted by molar-refractivity contribution is 0.00100. The van der Waals surface area contributed by atoms with Gasteiger partial charge in [-0.05, 0) is 74.0 Å². The van der Waals surface area contributed by atoms with Gasteiger partial charge in [0.15, 0.2) is 0 Å². The molecule has 3 fully saturated rings. The number of carbonyl (C=O) groups is 2. The van der Waals surface area contributed by atoms with Gasteiger partial charge < -0.3 is 14.4 Å². The van der Waals surface area contributed by atoms with E-state index in [4.69, 9.17) is 0 Å². The number of carbonyl (C=O) groups excluding carboxylic acids is 2. The van der Waals surface area contributed by atoms with Crippen molar-refractivity contribution < 1.29 is 9.59 Å². The summed E-state index contributed by atoms with van der Waals surface area (Å²) in [5.41, 5.74) is 5.41. The van der Waals surface area contributed by atoms with E-state index in [-0.39, 0.29) is 5.91 Å². The lowest BCUT2D eigenvalue weighted by Crippen LogP contribution is -2.53. The first kappa shape index (κ1) is 19.7. The Morgan fingerprint density at radius 1 is 0.938 bits per heavy atom. The number of amides is 1. The molecular formula is C27H29N3O2. The number of nitrogens with zero attached hydrogens (tertiary/aromatic N) is 3. The molecule has 2 aromatic carbocycles. The minimum absolute atomic E-state index is 0.199. The second-order valence-corrected chi connectivity index (χ2v) is 9.91. The molecule has 7 rings (SSSR count). The Bertz CT molecular complexity index is 1170. The second-order valence-electron chi connectivity index (χ2n) is 9.91. The Morgan fingerprint density at radius 2 is 1.69 bits per heavy atom. The van der Waals surface area contributed by atoms with Gasteiger partial charge in [-0.25, -0.2) is 0 Å². The van der Waals surface area contributed by atoms with Crippen molar-refractivity contribution in [3.8, 4) is 0 Å². The van der Waals surface area contributed by atoms with Crippen LogP contribution in [0.25, 0.3) is 10.9 Å². The van der Waals surface area contributed by atoms with E-state index in [9.17, 15) is 9.59 Å². The van der Waals surface area contributed by atoms with Gasteiger partial charge in [0.05, 0.1) is 0 Å². The van der Waals surface area contributed by atoms with Crippen molar-refractivity contribution in [3.05, 3.63) is 70.9 Å². The van der Waals surface area contributed by atoms with Gasteiger partial charge in [0, 0.05) is 47.9 Å². The fraction of sp³-hybridized carbons (Fsp3) is 0.407. The summed E-state index contributed by atoms with van der Waals surface area (Å²) in [7, 11) is 0. The van der Waals surface area contributed by atoms with Crippen LogP contribution in [0.2, 0.25) is 0 Å². The van der Waals surface area contributed by atoms with Gasteiger partial charge in [0.2, 0.25) is 0 Å². The summed E-state index contributed by atoms with van der Waals surface area (Å²) in [6.45, 7) is 6.01. The third kappa shape index (κ3) is 3.27. The molecule has 1 amide bonds. The molecule has 4 aliphatic heterocycles. The number of hydrogen-bond donors (Lipinski definition) is 0. The SMILES string of the molecule is O=Cc1ccc(Cn2cc3c4c(cccc42)C(=O)N(CC24CCN(CC2)CC4)CC3)cc1. The monoisotopic (exact) mass is 427 g/mol. The van der Waals surface area contributed by atoms with E-state index in [1.807, 2.05) is 36.4 Å². The molecule has 1 aromatic heterocycles. The molecule has 4 aliphatic rings. The Labute approximate surface area is 188 Å². The molecule has 5 heterocycles. The van der Waals surface area contributed by atoms with Crippen LogP contribution in [0.4, 0.5) is 0 Å². The molecule has 0 radical (unpaired) electrons. The zero-order valence-electron chi connectivity index (χ0n) is 18.4. The number of hydrogen-bond acceptors (Lipinski definition) is 3. The molecule has 2 bridgehead atoms. The predicted molar refractivity (Wildman–Crippen MR) is 125 cm³/mol. The maximum atomic E-state index is 13.7. The van der Waals surface area contributed by atoms with E-state index in [0.29, 0.717) is 11.0 Å². The van der Waals surface area contributed by atoms with Crippen LogP contribution in [0.1, 0.15) is 51.1 Å². The Morgan fingerprint density at radius 3 is 2.41 bits per heavy atom. The minimum Gasteiger partial charge on any atom is -0.343 e. The van der Waals surface area contributed by atoms with Crippen molar-refractivity contribution in [1.82, 2.24) is 14.4 Å². The Hall–Kier alpha value is -2.92. The molecule has 0 atom stereocenters. The van der Waals surface area contributed by atoms with E-state index >= 15 is 0 Å². The molecule has 0 aliphatic carbocycles. The summed E-state index contributed by atoms with van der Waals surface area (Å²) in [5.74, 6) is 0.199. The number of fused-ring (bicyclic) bond motifs is 3. The zero-order valence-corrected chi connectivity index (χ0v) is 18.4. The summed E-state index contributed by atoms with van der Waals surface area (Å²) < 4.78 is 2.25. The predicted octanol–water partition coefficient (Wildman–Crippen LogP) is 3.99. The van der Waals surface area contributed by atoms with Crippen molar-refractivity contribution in [2.45, 2.75) is 32.2 Å². The molecule has 0 unspecified atom stereocenters. The van der Waals surface area contributed by atoms with Crippen LogP contribution in [0.15, 0.2) is 48.7 Å². The molecular weight excluding hydrogens is 398 g/mol. The average molecular weight is 428 g/mol. The highest BCUT2D eigenvalue weighted by molar-refractivity contribution is 6.08. The molecule has 3 saturated heterocycles. The summed E-state index contributed by atoms with van der Waals surface area (Å²) in [6.07, 6.45) is 7.68. The van der Waals surface area contributed by atoms with Gasteiger partial charge in [-0.2, -0.15) is 0 Å². The summed E-state index contributed by atoms with van der Waals surface area (Å²) >= 11 is 0. The van der Waals surface area contributed by atoms with Crippen molar-refractivity contribution in [3.63, 3.8) is 0 Å². The summed E-state index contributed by atoms with van der Waals surface area (Å²) in [5, 5.41) is 1.13. The number of aromatic nitrogens is 1.